The van der Waals surface area contributed by atoms with Crippen LogP contribution < -0.4 is 9.64 Å². The van der Waals surface area contributed by atoms with Gasteiger partial charge in [-0.05, 0) is 45.8 Å². The van der Waals surface area contributed by atoms with E-state index in [1.165, 1.54) is 5.56 Å². The van der Waals surface area contributed by atoms with Gasteiger partial charge in [0, 0.05) is 49.2 Å². The summed E-state index contributed by atoms with van der Waals surface area (Å²) in [5, 5.41) is 10.3. The molecule has 0 atom stereocenters. The van der Waals surface area contributed by atoms with Crippen LogP contribution in [0.4, 0.5) is 10.5 Å². The molecule has 6 nitrogen and oxygen atoms in total. The fraction of sp³-hybridized carbons (Fsp3) is 0.250. The van der Waals surface area contributed by atoms with Crippen molar-refractivity contribution in [1.29, 1.82) is 0 Å². The molecule has 0 unspecified atom stereocenters. The van der Waals surface area contributed by atoms with E-state index < -0.39 is 6.16 Å². The van der Waals surface area contributed by atoms with Gasteiger partial charge in [0.15, 0.2) is 0 Å². The van der Waals surface area contributed by atoms with Crippen molar-refractivity contribution >= 4 is 50.3 Å². The summed E-state index contributed by atoms with van der Waals surface area (Å²) in [7, 11) is 0. The summed E-state index contributed by atoms with van der Waals surface area (Å²) in [6.45, 7) is 4.60. The van der Waals surface area contributed by atoms with Crippen molar-refractivity contribution in [2.24, 2.45) is 0 Å². The minimum Gasteiger partial charge on any atom is -0.449 e. The molecular formula is C20H18BrClN2O4. The van der Waals surface area contributed by atoms with E-state index in [2.05, 4.69) is 42.6 Å². The number of nitrogens with zero attached hydrogens (tertiary/aromatic N) is 2. The molecule has 0 saturated carbocycles. The van der Waals surface area contributed by atoms with Crippen molar-refractivity contribution in [3.05, 3.63) is 57.5 Å². The number of carboxylic acid groups (broad SMARTS) is 1. The number of rotatable bonds is 4. The summed E-state index contributed by atoms with van der Waals surface area (Å²) >= 11 is 9.60. The molecule has 0 spiro atoms. The summed E-state index contributed by atoms with van der Waals surface area (Å²) < 4.78 is 10.9. The predicted octanol–water partition coefficient (Wildman–Crippen LogP) is 5.23. The van der Waals surface area contributed by atoms with Gasteiger partial charge in [-0.1, -0.05) is 23.7 Å². The number of anilines is 1. The number of piperazine rings is 1. The summed E-state index contributed by atoms with van der Waals surface area (Å²) in [5.74, 6) is -0.0341. The molecule has 2 aromatic carbocycles. The maximum Gasteiger partial charge on any atom is 0.513 e. The van der Waals surface area contributed by atoms with Gasteiger partial charge in [-0.15, -0.1) is 0 Å². The lowest BCUT2D eigenvalue weighted by Gasteiger charge is -2.36. The molecular weight excluding hydrogens is 448 g/mol. The third-order valence-electron chi connectivity index (χ3n) is 4.81. The standard InChI is InChI=1S/C20H18BrClN2O4/c21-19-15-11-18(28-20(25)26)27-17(15)6-5-16(19)24-9-7-23(8-10-24)12-13-1-3-14(22)4-2-13/h1-6,11H,7-10,12H2,(H,25,26). The molecule has 0 bridgehead atoms. The number of benzene rings is 2. The summed E-state index contributed by atoms with van der Waals surface area (Å²) in [5.41, 5.74) is 2.89. The number of furan rings is 1. The van der Waals surface area contributed by atoms with Gasteiger partial charge < -0.3 is 19.2 Å². The van der Waals surface area contributed by atoms with Crippen molar-refractivity contribution in [1.82, 2.24) is 4.90 Å². The van der Waals surface area contributed by atoms with Crippen molar-refractivity contribution in [3.63, 3.8) is 0 Å². The zero-order valence-corrected chi connectivity index (χ0v) is 17.2. The molecule has 146 valence electrons. The molecule has 28 heavy (non-hydrogen) atoms. The molecule has 1 saturated heterocycles. The summed E-state index contributed by atoms with van der Waals surface area (Å²) in [6.07, 6.45) is -1.40. The van der Waals surface area contributed by atoms with Gasteiger partial charge in [0.2, 0.25) is 0 Å². The highest BCUT2D eigenvalue weighted by atomic mass is 79.9. The van der Waals surface area contributed by atoms with Crippen LogP contribution in [0.15, 0.2) is 51.4 Å². The van der Waals surface area contributed by atoms with Crippen LogP contribution in [-0.4, -0.2) is 42.3 Å². The Morgan fingerprint density at radius 1 is 1.14 bits per heavy atom. The number of fused-ring (bicyclic) bond motifs is 1. The monoisotopic (exact) mass is 464 g/mol. The van der Waals surface area contributed by atoms with Gasteiger partial charge in [-0.3, -0.25) is 4.90 Å². The highest BCUT2D eigenvalue weighted by Crippen LogP contribution is 2.38. The lowest BCUT2D eigenvalue weighted by molar-refractivity contribution is 0.134. The first kappa shape index (κ1) is 19.1. The van der Waals surface area contributed by atoms with E-state index in [4.69, 9.17) is 21.1 Å². The number of hydrogen-bond acceptors (Lipinski definition) is 5. The molecule has 1 aromatic heterocycles. The number of halogens is 2. The zero-order chi connectivity index (χ0) is 19.7. The molecule has 1 N–H and O–H groups in total. The van der Waals surface area contributed by atoms with Crippen LogP contribution >= 0.6 is 27.5 Å². The Hall–Kier alpha value is -2.22. The smallest absolute Gasteiger partial charge is 0.449 e. The SMILES string of the molecule is O=C(O)Oc1cc2c(Br)c(N3CCN(Cc4ccc(Cl)cc4)CC3)ccc2o1. The molecule has 8 heteroatoms. The molecule has 0 radical (unpaired) electrons. The molecule has 1 aliphatic rings. The van der Waals surface area contributed by atoms with Crippen LogP contribution in [0.3, 0.4) is 0 Å². The normalized spacial score (nSPS) is 15.1. The largest absolute Gasteiger partial charge is 0.513 e. The van der Waals surface area contributed by atoms with E-state index in [0.29, 0.717) is 5.58 Å². The maximum absolute atomic E-state index is 10.7. The average molecular weight is 466 g/mol. The first-order valence-corrected chi connectivity index (χ1v) is 10.0. The zero-order valence-electron chi connectivity index (χ0n) is 14.9. The quantitative estimate of drug-likeness (QED) is 0.532. The third kappa shape index (κ3) is 4.11. The fourth-order valence-electron chi connectivity index (χ4n) is 3.42. The minimum absolute atomic E-state index is 0.0341. The Morgan fingerprint density at radius 3 is 2.54 bits per heavy atom. The molecule has 3 aromatic rings. The summed E-state index contributed by atoms with van der Waals surface area (Å²) in [6, 6.07) is 13.4. The highest BCUT2D eigenvalue weighted by molar-refractivity contribution is 9.10. The number of ether oxygens (including phenoxy) is 1. The van der Waals surface area contributed by atoms with Gasteiger partial charge in [-0.25, -0.2) is 4.79 Å². The third-order valence-corrected chi connectivity index (χ3v) is 5.90. The van der Waals surface area contributed by atoms with Gasteiger partial charge >= 0.3 is 6.16 Å². The van der Waals surface area contributed by atoms with Crippen molar-refractivity contribution < 1.29 is 19.1 Å². The van der Waals surface area contributed by atoms with Crippen LogP contribution in [0, 0.1) is 0 Å². The molecule has 1 aliphatic heterocycles. The Balaban J connectivity index is 1.45. The van der Waals surface area contributed by atoms with E-state index in [0.717, 1.165) is 53.3 Å². The number of carbonyl (C=O) groups is 1. The van der Waals surface area contributed by atoms with Gasteiger partial charge in [0.1, 0.15) is 5.58 Å². The average Bonchev–Trinajstić information content (AvgIpc) is 3.07. The van der Waals surface area contributed by atoms with Crippen LogP contribution in [0.25, 0.3) is 11.0 Å². The topological polar surface area (TPSA) is 66.2 Å². The fourth-order valence-corrected chi connectivity index (χ4v) is 4.24. The van der Waals surface area contributed by atoms with E-state index in [9.17, 15) is 4.79 Å². The first-order valence-electron chi connectivity index (χ1n) is 8.84. The van der Waals surface area contributed by atoms with Crippen molar-refractivity contribution in [3.8, 4) is 5.95 Å². The second-order valence-electron chi connectivity index (χ2n) is 6.63. The van der Waals surface area contributed by atoms with E-state index >= 15 is 0 Å². The Kier molecular flexibility index (Phi) is 5.48. The lowest BCUT2D eigenvalue weighted by atomic mass is 10.1. The van der Waals surface area contributed by atoms with Crippen molar-refractivity contribution in [2.45, 2.75) is 6.54 Å². The Morgan fingerprint density at radius 2 is 1.86 bits per heavy atom. The second kappa shape index (κ2) is 8.03. The van der Waals surface area contributed by atoms with Crippen LogP contribution in [0.5, 0.6) is 5.95 Å². The van der Waals surface area contributed by atoms with Gasteiger partial charge in [0.25, 0.3) is 5.95 Å². The highest BCUT2D eigenvalue weighted by Gasteiger charge is 2.21. The molecule has 0 amide bonds. The Labute approximate surface area is 175 Å². The maximum atomic E-state index is 10.7. The lowest BCUT2D eigenvalue weighted by Crippen LogP contribution is -2.46. The first-order chi connectivity index (χ1) is 13.5. The van der Waals surface area contributed by atoms with Gasteiger partial charge in [-0.2, -0.15) is 0 Å². The van der Waals surface area contributed by atoms with Crippen LogP contribution in [0.2, 0.25) is 5.02 Å². The molecule has 0 aliphatic carbocycles. The molecule has 2 heterocycles. The van der Waals surface area contributed by atoms with E-state index in [1.807, 2.05) is 24.3 Å². The van der Waals surface area contributed by atoms with Crippen molar-refractivity contribution in [2.75, 3.05) is 31.1 Å². The van der Waals surface area contributed by atoms with E-state index in [-0.39, 0.29) is 5.95 Å². The van der Waals surface area contributed by atoms with E-state index in [1.54, 1.807) is 6.07 Å². The number of hydrogen-bond donors (Lipinski definition) is 1. The van der Waals surface area contributed by atoms with Crippen LogP contribution in [0.1, 0.15) is 5.56 Å². The van der Waals surface area contributed by atoms with Gasteiger partial charge in [0.05, 0.1) is 10.2 Å². The van der Waals surface area contributed by atoms with Crippen LogP contribution in [-0.2, 0) is 6.54 Å². The summed E-state index contributed by atoms with van der Waals surface area (Å²) in [4.78, 5) is 15.4. The Bertz CT molecular complexity index is 997. The minimum atomic E-state index is -1.40. The predicted molar refractivity (Wildman–Crippen MR) is 112 cm³/mol. The second-order valence-corrected chi connectivity index (χ2v) is 7.86. The molecule has 4 rings (SSSR count). The molecule has 1 fully saturated rings.